The lowest BCUT2D eigenvalue weighted by Gasteiger charge is -2.16. The molecule has 0 radical (unpaired) electrons. The van der Waals surface area contributed by atoms with Gasteiger partial charge in [0, 0.05) is 7.05 Å². The molecule has 1 aromatic rings. The van der Waals surface area contributed by atoms with E-state index >= 15 is 0 Å². The summed E-state index contributed by atoms with van der Waals surface area (Å²) in [5.74, 6) is 4.33. The van der Waals surface area contributed by atoms with Gasteiger partial charge in [-0.3, -0.25) is 10.2 Å². The van der Waals surface area contributed by atoms with Crippen molar-refractivity contribution in [2.24, 2.45) is 5.84 Å². The normalized spacial score (nSPS) is 11.5. The fourth-order valence-electron chi connectivity index (χ4n) is 1.22. The molecule has 7 heteroatoms. The highest BCUT2D eigenvalue weighted by molar-refractivity contribution is 7.89. The Morgan fingerprint density at radius 3 is 2.35 bits per heavy atom. The standard InChI is InChI=1S/C10H15N3O3S/c1-8-3-5-9(6-4-8)17(15,16)13(2)7-10(14)12-11/h3-6H,7,11H2,1-2H3,(H,12,14). The second-order valence-electron chi connectivity index (χ2n) is 3.64. The van der Waals surface area contributed by atoms with Crippen LogP contribution in [0.25, 0.3) is 0 Å². The number of nitrogens with one attached hydrogen (secondary N) is 1. The van der Waals surface area contributed by atoms with Gasteiger partial charge < -0.3 is 0 Å². The zero-order valence-electron chi connectivity index (χ0n) is 9.67. The molecule has 17 heavy (non-hydrogen) atoms. The van der Waals surface area contributed by atoms with Gasteiger partial charge >= 0.3 is 0 Å². The van der Waals surface area contributed by atoms with Crippen LogP contribution in [0.3, 0.4) is 0 Å². The lowest BCUT2D eigenvalue weighted by Crippen LogP contribution is -2.41. The molecule has 0 atom stereocenters. The number of carbonyl (C=O) groups is 1. The van der Waals surface area contributed by atoms with E-state index in [-0.39, 0.29) is 11.4 Å². The molecule has 1 aromatic carbocycles. The van der Waals surface area contributed by atoms with Crippen LogP contribution in [0.4, 0.5) is 0 Å². The van der Waals surface area contributed by atoms with E-state index in [1.54, 1.807) is 12.1 Å². The number of hydrogen-bond donors (Lipinski definition) is 2. The Hall–Kier alpha value is -1.44. The van der Waals surface area contributed by atoms with Crippen molar-refractivity contribution in [3.8, 4) is 0 Å². The van der Waals surface area contributed by atoms with Crippen LogP contribution in [0.5, 0.6) is 0 Å². The summed E-state index contributed by atoms with van der Waals surface area (Å²) in [6.45, 7) is 1.55. The monoisotopic (exact) mass is 257 g/mol. The van der Waals surface area contributed by atoms with Crippen LogP contribution in [0, 0.1) is 6.92 Å². The van der Waals surface area contributed by atoms with E-state index in [0.29, 0.717) is 0 Å². The Labute approximate surface area is 100 Å². The molecule has 0 aliphatic rings. The van der Waals surface area contributed by atoms with Crippen molar-refractivity contribution in [1.82, 2.24) is 9.73 Å². The van der Waals surface area contributed by atoms with Crippen molar-refractivity contribution in [1.29, 1.82) is 0 Å². The molecule has 0 unspecified atom stereocenters. The lowest BCUT2D eigenvalue weighted by molar-refractivity contribution is -0.121. The number of sulfonamides is 1. The number of hydrazine groups is 1. The van der Waals surface area contributed by atoms with Gasteiger partial charge in [-0.25, -0.2) is 14.3 Å². The van der Waals surface area contributed by atoms with Crippen LogP contribution >= 0.6 is 0 Å². The van der Waals surface area contributed by atoms with E-state index < -0.39 is 15.9 Å². The summed E-state index contributed by atoms with van der Waals surface area (Å²) in [5.41, 5.74) is 2.85. The number of benzene rings is 1. The van der Waals surface area contributed by atoms with Crippen molar-refractivity contribution >= 4 is 15.9 Å². The second-order valence-corrected chi connectivity index (χ2v) is 5.69. The SMILES string of the molecule is Cc1ccc(S(=O)(=O)N(C)CC(=O)NN)cc1. The number of nitrogens with two attached hydrogens (primary N) is 1. The maximum Gasteiger partial charge on any atom is 0.249 e. The van der Waals surface area contributed by atoms with Crippen molar-refractivity contribution in [2.75, 3.05) is 13.6 Å². The average Bonchev–Trinajstić information content (AvgIpc) is 2.29. The van der Waals surface area contributed by atoms with E-state index in [1.165, 1.54) is 19.2 Å². The smallest absolute Gasteiger partial charge is 0.249 e. The van der Waals surface area contributed by atoms with Crippen LogP contribution in [0.1, 0.15) is 5.56 Å². The van der Waals surface area contributed by atoms with Crippen LogP contribution in [-0.4, -0.2) is 32.2 Å². The van der Waals surface area contributed by atoms with Gasteiger partial charge in [-0.05, 0) is 19.1 Å². The molecule has 0 aliphatic carbocycles. The molecule has 94 valence electrons. The molecule has 1 rings (SSSR count). The number of aryl methyl sites for hydroxylation is 1. The first-order chi connectivity index (χ1) is 7.87. The van der Waals surface area contributed by atoms with Gasteiger partial charge in [0.25, 0.3) is 0 Å². The molecule has 3 N–H and O–H groups in total. The number of amides is 1. The summed E-state index contributed by atoms with van der Waals surface area (Å²) in [4.78, 5) is 11.2. The van der Waals surface area contributed by atoms with Gasteiger partial charge in [-0.1, -0.05) is 17.7 Å². The number of carbonyl (C=O) groups excluding carboxylic acids is 1. The third kappa shape index (κ3) is 3.26. The molecule has 1 amide bonds. The van der Waals surface area contributed by atoms with E-state index in [2.05, 4.69) is 0 Å². The highest BCUT2D eigenvalue weighted by Crippen LogP contribution is 2.14. The highest BCUT2D eigenvalue weighted by atomic mass is 32.2. The first kappa shape index (κ1) is 13.6. The highest BCUT2D eigenvalue weighted by Gasteiger charge is 2.22. The first-order valence-electron chi connectivity index (χ1n) is 4.90. The predicted molar refractivity (Wildman–Crippen MR) is 63.3 cm³/mol. The Morgan fingerprint density at radius 1 is 1.35 bits per heavy atom. The third-order valence-electron chi connectivity index (χ3n) is 2.26. The summed E-state index contributed by atoms with van der Waals surface area (Å²) in [5, 5.41) is 0. The summed E-state index contributed by atoms with van der Waals surface area (Å²) in [6, 6.07) is 6.40. The molecule has 0 saturated heterocycles. The molecular formula is C10H15N3O3S. The number of nitrogens with zero attached hydrogens (tertiary/aromatic N) is 1. The number of hydrogen-bond acceptors (Lipinski definition) is 4. The third-order valence-corrected chi connectivity index (χ3v) is 4.07. The van der Waals surface area contributed by atoms with Gasteiger partial charge in [0.15, 0.2) is 0 Å². The van der Waals surface area contributed by atoms with Gasteiger partial charge in [0.05, 0.1) is 11.4 Å². The van der Waals surface area contributed by atoms with Crippen LogP contribution in [0.2, 0.25) is 0 Å². The van der Waals surface area contributed by atoms with Gasteiger partial charge in [-0.2, -0.15) is 4.31 Å². The van der Waals surface area contributed by atoms with E-state index in [9.17, 15) is 13.2 Å². The van der Waals surface area contributed by atoms with Crippen molar-refractivity contribution in [2.45, 2.75) is 11.8 Å². The molecule has 0 aliphatic heterocycles. The zero-order chi connectivity index (χ0) is 13.1. The summed E-state index contributed by atoms with van der Waals surface area (Å²) < 4.78 is 24.9. The first-order valence-corrected chi connectivity index (χ1v) is 6.34. The Morgan fingerprint density at radius 2 is 1.88 bits per heavy atom. The Balaban J connectivity index is 2.95. The molecule has 0 heterocycles. The van der Waals surface area contributed by atoms with E-state index in [0.717, 1.165) is 9.87 Å². The molecule has 0 spiro atoms. The maximum atomic E-state index is 12.0. The summed E-state index contributed by atoms with van der Waals surface area (Å²) in [7, 11) is -2.32. The van der Waals surface area contributed by atoms with Gasteiger partial charge in [0.2, 0.25) is 15.9 Å². The summed E-state index contributed by atoms with van der Waals surface area (Å²) in [6.07, 6.45) is 0. The second kappa shape index (κ2) is 5.26. The molecule has 0 fully saturated rings. The van der Waals surface area contributed by atoms with Crippen molar-refractivity contribution in [3.05, 3.63) is 29.8 Å². The number of likely N-dealkylation sites (N-methyl/N-ethyl adjacent to an activating group) is 1. The Bertz CT molecular complexity index is 496. The fourth-order valence-corrected chi connectivity index (χ4v) is 2.35. The summed E-state index contributed by atoms with van der Waals surface area (Å²) >= 11 is 0. The topological polar surface area (TPSA) is 92.5 Å². The number of rotatable bonds is 4. The fraction of sp³-hybridized carbons (Fsp3) is 0.300. The predicted octanol–water partition coefficient (Wildman–Crippen LogP) is -0.395. The molecule has 0 aromatic heterocycles. The van der Waals surface area contributed by atoms with E-state index in [4.69, 9.17) is 5.84 Å². The minimum absolute atomic E-state index is 0.149. The quantitative estimate of drug-likeness (QED) is 0.436. The van der Waals surface area contributed by atoms with Gasteiger partial charge in [-0.15, -0.1) is 0 Å². The largest absolute Gasteiger partial charge is 0.293 e. The molecule has 0 bridgehead atoms. The lowest BCUT2D eigenvalue weighted by atomic mass is 10.2. The minimum atomic E-state index is -3.64. The van der Waals surface area contributed by atoms with Crippen molar-refractivity contribution in [3.63, 3.8) is 0 Å². The average molecular weight is 257 g/mol. The molecular weight excluding hydrogens is 242 g/mol. The zero-order valence-corrected chi connectivity index (χ0v) is 10.5. The Kier molecular flexibility index (Phi) is 4.22. The van der Waals surface area contributed by atoms with E-state index in [1.807, 2.05) is 12.3 Å². The maximum absolute atomic E-state index is 12.0. The van der Waals surface area contributed by atoms with Crippen molar-refractivity contribution < 1.29 is 13.2 Å². The van der Waals surface area contributed by atoms with Crippen LogP contribution in [0.15, 0.2) is 29.2 Å². The van der Waals surface area contributed by atoms with Gasteiger partial charge in [0.1, 0.15) is 0 Å². The minimum Gasteiger partial charge on any atom is -0.293 e. The molecule has 0 saturated carbocycles. The van der Waals surface area contributed by atoms with Crippen LogP contribution < -0.4 is 11.3 Å². The molecule has 6 nitrogen and oxygen atoms in total. The van der Waals surface area contributed by atoms with Crippen LogP contribution in [-0.2, 0) is 14.8 Å².